The minimum absolute atomic E-state index is 0.250. The maximum absolute atomic E-state index is 12.5. The van der Waals surface area contributed by atoms with Crippen LogP contribution in [-0.4, -0.2) is 77.9 Å². The SMILES string of the molecule is CN1[C@@H](CC(=O)c2ccccc2)CCC[C@H]1/C=C/c1ccccc1.CN1[C@H](CCc2ccccc2)CCC[C@@H]1/C=C/c1ccccc1.CN1[C@H](CCc2ccccc2)CCC[C@H]1/C=C/c1ccccc1. The normalized spacial score (nSPS) is 22.3. The van der Waals surface area contributed by atoms with Gasteiger partial charge in [0.05, 0.1) is 0 Å². The highest BCUT2D eigenvalue weighted by Crippen LogP contribution is 2.29. The average molecular weight is 930 g/mol. The van der Waals surface area contributed by atoms with E-state index in [2.05, 4.69) is 218 Å². The molecule has 0 spiro atoms. The van der Waals surface area contributed by atoms with Crippen LogP contribution in [0.3, 0.4) is 0 Å². The van der Waals surface area contributed by atoms with Crippen LogP contribution < -0.4 is 0 Å². The Morgan fingerprint density at radius 1 is 0.400 bits per heavy atom. The first-order chi connectivity index (χ1) is 34.4. The number of Topliss-reactive ketones (excluding diaryl/α,β-unsaturated/α-hetero) is 1. The highest BCUT2D eigenvalue weighted by Gasteiger charge is 2.29. The molecule has 9 rings (SSSR count). The van der Waals surface area contributed by atoms with Crippen molar-refractivity contribution >= 4 is 24.0 Å². The van der Waals surface area contributed by atoms with Gasteiger partial charge in [-0.25, -0.2) is 0 Å². The summed E-state index contributed by atoms with van der Waals surface area (Å²) in [6.45, 7) is 0. The first kappa shape index (κ1) is 51.9. The topological polar surface area (TPSA) is 26.8 Å². The molecule has 3 saturated heterocycles. The number of ketones is 1. The van der Waals surface area contributed by atoms with E-state index in [0.717, 1.165) is 18.4 Å². The maximum atomic E-state index is 12.5. The van der Waals surface area contributed by atoms with Crippen molar-refractivity contribution in [2.45, 2.75) is 126 Å². The number of likely N-dealkylation sites (N-methyl/N-ethyl adjacent to an activating group) is 3. The van der Waals surface area contributed by atoms with Crippen LogP contribution in [-0.2, 0) is 12.8 Å². The predicted octanol–water partition coefficient (Wildman–Crippen LogP) is 15.2. The molecule has 0 amide bonds. The molecule has 4 nitrogen and oxygen atoms in total. The third-order valence-corrected chi connectivity index (χ3v) is 15.1. The van der Waals surface area contributed by atoms with Crippen LogP contribution >= 0.6 is 0 Å². The number of rotatable bonds is 15. The number of hydrogen-bond donors (Lipinski definition) is 0. The molecular formula is C66H79N3O. The van der Waals surface area contributed by atoms with E-state index in [1.165, 1.54) is 98.4 Å². The Kier molecular flexibility index (Phi) is 21.3. The van der Waals surface area contributed by atoms with Crippen molar-refractivity contribution in [3.05, 3.63) is 234 Å². The van der Waals surface area contributed by atoms with Crippen LogP contribution in [0.1, 0.15) is 115 Å². The highest BCUT2D eigenvalue weighted by molar-refractivity contribution is 5.96. The summed E-state index contributed by atoms with van der Waals surface area (Å²) in [5.41, 5.74) is 7.58. The molecule has 0 radical (unpaired) electrons. The molecule has 6 atom stereocenters. The van der Waals surface area contributed by atoms with E-state index in [1.54, 1.807) is 0 Å². The Morgan fingerprint density at radius 2 is 0.700 bits per heavy atom. The summed E-state index contributed by atoms with van der Waals surface area (Å²) in [5, 5.41) is 0. The summed E-state index contributed by atoms with van der Waals surface area (Å²) in [7, 11) is 6.76. The fourth-order valence-corrected chi connectivity index (χ4v) is 10.6. The van der Waals surface area contributed by atoms with Crippen LogP contribution in [0.15, 0.2) is 200 Å². The van der Waals surface area contributed by atoms with Crippen molar-refractivity contribution in [2.75, 3.05) is 21.1 Å². The van der Waals surface area contributed by atoms with Crippen LogP contribution in [0.2, 0.25) is 0 Å². The van der Waals surface area contributed by atoms with Crippen molar-refractivity contribution in [3.8, 4) is 0 Å². The van der Waals surface area contributed by atoms with Gasteiger partial charge in [-0.15, -0.1) is 0 Å². The number of aryl methyl sites for hydroxylation is 2. The lowest BCUT2D eigenvalue weighted by molar-refractivity contribution is 0.0863. The summed E-state index contributed by atoms with van der Waals surface area (Å²) >= 11 is 0. The highest BCUT2D eigenvalue weighted by atomic mass is 16.1. The van der Waals surface area contributed by atoms with Crippen molar-refractivity contribution in [3.63, 3.8) is 0 Å². The van der Waals surface area contributed by atoms with Crippen LogP contribution in [0.4, 0.5) is 0 Å². The van der Waals surface area contributed by atoms with E-state index in [9.17, 15) is 4.79 Å². The first-order valence-corrected chi connectivity index (χ1v) is 26.4. The Labute approximate surface area is 422 Å². The van der Waals surface area contributed by atoms with Gasteiger partial charge in [0.25, 0.3) is 0 Å². The van der Waals surface area contributed by atoms with Crippen LogP contribution in [0, 0.1) is 0 Å². The van der Waals surface area contributed by atoms with E-state index in [0.29, 0.717) is 42.7 Å². The molecule has 3 fully saturated rings. The Balaban J connectivity index is 0.000000155. The number of piperidine rings is 3. The molecule has 0 N–H and O–H groups in total. The third kappa shape index (κ3) is 16.9. The van der Waals surface area contributed by atoms with Gasteiger partial charge < -0.3 is 0 Å². The number of benzene rings is 6. The summed E-state index contributed by atoms with van der Waals surface area (Å²) in [5.74, 6) is 0.250. The van der Waals surface area contributed by atoms with Gasteiger partial charge >= 0.3 is 0 Å². The minimum Gasteiger partial charge on any atom is -0.297 e. The molecule has 0 saturated carbocycles. The molecule has 6 aromatic carbocycles. The summed E-state index contributed by atoms with van der Waals surface area (Å²) in [6, 6.07) is 66.4. The largest absolute Gasteiger partial charge is 0.297 e. The van der Waals surface area contributed by atoms with Crippen LogP contribution in [0.25, 0.3) is 18.2 Å². The standard InChI is InChI=1S/C22H25NO.2C22H27N/c1-23-20(16-15-18-9-4-2-5-10-18)13-8-14-21(23)17-22(24)19-11-6-3-7-12-19;2*1-23-21(17-15-19-9-4-2-5-10-19)13-8-14-22(23)18-16-20-11-6-3-7-12-20/h2-7,9-12,15-16,20-21H,8,13-14,17H2,1H3;2*2-7,9-12,15,17,21-22H,8,13-14,16,18H2,1H3/b16-15+;2*17-15+/t20-,21+;21-,22+;21-,22-/m010/s1. The molecule has 4 heteroatoms. The molecule has 70 heavy (non-hydrogen) atoms. The first-order valence-electron chi connectivity index (χ1n) is 26.4. The van der Waals surface area contributed by atoms with Crippen molar-refractivity contribution in [1.29, 1.82) is 0 Å². The number of likely N-dealkylation sites (tertiary alicyclic amines) is 3. The molecule has 364 valence electrons. The quantitative estimate of drug-likeness (QED) is 0.0959. The monoisotopic (exact) mass is 930 g/mol. The fraction of sp³-hybridized carbons (Fsp3) is 0.348. The molecule has 6 aromatic rings. The lowest BCUT2D eigenvalue weighted by Gasteiger charge is -2.38. The molecule has 3 aliphatic heterocycles. The summed E-state index contributed by atoms with van der Waals surface area (Å²) in [4.78, 5) is 20.1. The van der Waals surface area contributed by atoms with E-state index in [1.807, 2.05) is 36.4 Å². The van der Waals surface area contributed by atoms with Gasteiger partial charge in [0, 0.05) is 48.2 Å². The van der Waals surface area contributed by atoms with E-state index in [4.69, 9.17) is 0 Å². The Hall–Kier alpha value is -5.91. The zero-order valence-electron chi connectivity index (χ0n) is 42.4. The van der Waals surface area contributed by atoms with Crippen molar-refractivity contribution in [1.82, 2.24) is 14.7 Å². The molecule has 0 unspecified atom stereocenters. The van der Waals surface area contributed by atoms with Crippen molar-refractivity contribution in [2.24, 2.45) is 0 Å². The maximum Gasteiger partial charge on any atom is 0.164 e. The van der Waals surface area contributed by atoms with Gasteiger partial charge in [0.15, 0.2) is 5.78 Å². The van der Waals surface area contributed by atoms with Gasteiger partial charge in [-0.3, -0.25) is 19.5 Å². The molecule has 0 aliphatic carbocycles. The number of hydrogen-bond acceptors (Lipinski definition) is 4. The Morgan fingerprint density at radius 3 is 1.06 bits per heavy atom. The Bertz CT molecular complexity index is 2320. The lowest BCUT2D eigenvalue weighted by Crippen LogP contribution is -2.43. The van der Waals surface area contributed by atoms with Crippen LogP contribution in [0.5, 0.6) is 0 Å². The number of carbonyl (C=O) groups is 1. The minimum atomic E-state index is 0.250. The lowest BCUT2D eigenvalue weighted by atomic mass is 9.91. The third-order valence-electron chi connectivity index (χ3n) is 15.1. The molecule has 3 aliphatic rings. The van der Waals surface area contributed by atoms with E-state index < -0.39 is 0 Å². The van der Waals surface area contributed by atoms with E-state index >= 15 is 0 Å². The summed E-state index contributed by atoms with van der Waals surface area (Å²) in [6.07, 6.45) is 30.7. The molecule has 0 bridgehead atoms. The summed E-state index contributed by atoms with van der Waals surface area (Å²) < 4.78 is 0. The van der Waals surface area contributed by atoms with Crippen molar-refractivity contribution < 1.29 is 4.79 Å². The number of nitrogens with zero attached hydrogens (tertiary/aromatic N) is 3. The van der Waals surface area contributed by atoms with Gasteiger partial charge in [0.1, 0.15) is 0 Å². The zero-order chi connectivity index (χ0) is 48.6. The smallest absolute Gasteiger partial charge is 0.164 e. The van der Waals surface area contributed by atoms with Gasteiger partial charge in [-0.2, -0.15) is 0 Å². The van der Waals surface area contributed by atoms with Gasteiger partial charge in [-0.05, 0) is 113 Å². The molecular weight excluding hydrogens is 851 g/mol. The molecule has 0 aromatic heterocycles. The molecule has 3 heterocycles. The van der Waals surface area contributed by atoms with Gasteiger partial charge in [-0.1, -0.05) is 238 Å². The fourth-order valence-electron chi connectivity index (χ4n) is 10.6. The second-order valence-electron chi connectivity index (χ2n) is 19.8. The average Bonchev–Trinajstić information content (AvgIpc) is 3.42. The van der Waals surface area contributed by atoms with E-state index in [-0.39, 0.29) is 5.78 Å². The number of carbonyl (C=O) groups excluding carboxylic acids is 1. The van der Waals surface area contributed by atoms with Gasteiger partial charge in [0.2, 0.25) is 0 Å². The second kappa shape index (κ2) is 28.7. The zero-order valence-corrected chi connectivity index (χ0v) is 42.4. The second-order valence-corrected chi connectivity index (χ2v) is 19.8. The predicted molar refractivity (Wildman–Crippen MR) is 299 cm³/mol.